The van der Waals surface area contributed by atoms with Crippen LogP contribution in [0.1, 0.15) is 27.6 Å². The molecule has 1 atom stereocenters. The fourth-order valence-electron chi connectivity index (χ4n) is 3.24. The first-order chi connectivity index (χ1) is 12.1. The highest BCUT2D eigenvalue weighted by atomic mass is 32.2. The van der Waals surface area contributed by atoms with Crippen molar-refractivity contribution in [3.05, 3.63) is 77.0 Å². The van der Waals surface area contributed by atoms with E-state index in [0.29, 0.717) is 5.75 Å². The summed E-state index contributed by atoms with van der Waals surface area (Å²) >= 11 is 1.65. The minimum Gasteiger partial charge on any atom is -0.310 e. The number of hydrogen-bond acceptors (Lipinski definition) is 3. The number of thioether (sulfide) groups is 1. The molecule has 0 fully saturated rings. The number of fused-ring (bicyclic) bond motifs is 1. The fraction of sp³-hybridized carbons (Fsp3) is 0.200. The second kappa shape index (κ2) is 6.41. The lowest BCUT2D eigenvalue weighted by atomic mass is 10.0. The Morgan fingerprint density at radius 3 is 2.68 bits per heavy atom. The molecule has 1 aliphatic rings. The summed E-state index contributed by atoms with van der Waals surface area (Å²) < 4.78 is 1.84. The number of nitrogens with zero attached hydrogens (tertiary/aromatic N) is 2. The van der Waals surface area contributed by atoms with Crippen LogP contribution >= 0.6 is 11.8 Å². The Morgan fingerprint density at radius 1 is 1.12 bits per heavy atom. The summed E-state index contributed by atoms with van der Waals surface area (Å²) in [7, 11) is 0. The van der Waals surface area contributed by atoms with Crippen LogP contribution in [0, 0.1) is 13.8 Å². The molecule has 25 heavy (non-hydrogen) atoms. The van der Waals surface area contributed by atoms with Crippen LogP contribution < -0.4 is 5.32 Å². The number of carbonyl (C=O) groups excluding carboxylic acids is 1. The van der Waals surface area contributed by atoms with Gasteiger partial charge in [0, 0.05) is 5.56 Å². The summed E-state index contributed by atoms with van der Waals surface area (Å²) in [6, 6.07) is 18.4. The van der Waals surface area contributed by atoms with Crippen molar-refractivity contribution in [3.8, 4) is 5.69 Å². The molecule has 5 heteroatoms. The summed E-state index contributed by atoms with van der Waals surface area (Å²) in [4.78, 5) is 12.3. The lowest BCUT2D eigenvalue weighted by Gasteiger charge is -2.16. The van der Waals surface area contributed by atoms with E-state index in [-0.39, 0.29) is 11.2 Å². The largest absolute Gasteiger partial charge is 0.310 e. The van der Waals surface area contributed by atoms with Crippen molar-refractivity contribution in [3.63, 3.8) is 0 Å². The summed E-state index contributed by atoms with van der Waals surface area (Å²) in [6.45, 7) is 4.11. The van der Waals surface area contributed by atoms with Crippen molar-refractivity contribution in [1.29, 1.82) is 0 Å². The third-order valence-corrected chi connectivity index (χ3v) is 5.62. The van der Waals surface area contributed by atoms with Crippen LogP contribution in [-0.2, 0) is 4.79 Å². The summed E-state index contributed by atoms with van der Waals surface area (Å²) in [5.74, 6) is 1.23. The molecule has 1 N–H and O–H groups in total. The number of anilines is 1. The van der Waals surface area contributed by atoms with Gasteiger partial charge in [-0.2, -0.15) is 5.10 Å². The van der Waals surface area contributed by atoms with Gasteiger partial charge in [0.15, 0.2) is 0 Å². The molecule has 0 bridgehead atoms. The highest BCUT2D eigenvalue weighted by Gasteiger charge is 2.30. The molecule has 2 aromatic carbocycles. The van der Waals surface area contributed by atoms with Crippen LogP contribution in [0.4, 0.5) is 5.82 Å². The Bertz CT molecular complexity index is 933. The van der Waals surface area contributed by atoms with Crippen molar-refractivity contribution in [2.45, 2.75) is 19.1 Å². The van der Waals surface area contributed by atoms with Crippen LogP contribution in [-0.4, -0.2) is 21.4 Å². The Balaban J connectivity index is 1.90. The maximum atomic E-state index is 12.3. The minimum absolute atomic E-state index is 0.0125. The molecule has 0 saturated carbocycles. The molecule has 4 nitrogen and oxygen atoms in total. The van der Waals surface area contributed by atoms with Crippen molar-refractivity contribution in [1.82, 2.24) is 9.78 Å². The molecule has 126 valence electrons. The smallest absolute Gasteiger partial charge is 0.235 e. The van der Waals surface area contributed by atoms with E-state index in [9.17, 15) is 4.79 Å². The second-order valence-electron chi connectivity index (χ2n) is 6.25. The van der Waals surface area contributed by atoms with Crippen LogP contribution in [0.25, 0.3) is 5.69 Å². The van der Waals surface area contributed by atoms with Gasteiger partial charge in [-0.1, -0.05) is 48.0 Å². The van der Waals surface area contributed by atoms with Gasteiger partial charge in [0.2, 0.25) is 5.91 Å². The van der Waals surface area contributed by atoms with E-state index in [4.69, 9.17) is 5.10 Å². The number of hydrogen-bond donors (Lipinski definition) is 1. The van der Waals surface area contributed by atoms with E-state index < -0.39 is 0 Å². The van der Waals surface area contributed by atoms with E-state index >= 15 is 0 Å². The number of carbonyl (C=O) groups is 1. The number of benzene rings is 2. The molecule has 0 radical (unpaired) electrons. The van der Waals surface area contributed by atoms with Gasteiger partial charge in [0.25, 0.3) is 0 Å². The number of amides is 1. The maximum Gasteiger partial charge on any atom is 0.235 e. The van der Waals surface area contributed by atoms with E-state index in [1.807, 2.05) is 41.9 Å². The number of nitrogens with one attached hydrogen (secondary N) is 1. The Hall–Kier alpha value is -2.53. The average molecular weight is 349 g/mol. The molecule has 1 aromatic heterocycles. The van der Waals surface area contributed by atoms with Gasteiger partial charge in [-0.15, -0.1) is 11.8 Å². The monoisotopic (exact) mass is 349 g/mol. The Kier molecular flexibility index (Phi) is 4.09. The Morgan fingerprint density at radius 2 is 1.92 bits per heavy atom. The summed E-state index contributed by atoms with van der Waals surface area (Å²) in [5.41, 5.74) is 5.40. The quantitative estimate of drug-likeness (QED) is 0.752. The first-order valence-electron chi connectivity index (χ1n) is 8.26. The number of rotatable bonds is 2. The zero-order chi connectivity index (χ0) is 17.4. The molecule has 0 aliphatic carbocycles. The number of aromatic nitrogens is 2. The molecular weight excluding hydrogens is 330 g/mol. The van der Waals surface area contributed by atoms with Crippen molar-refractivity contribution in [2.75, 3.05) is 11.1 Å². The molecule has 0 spiro atoms. The van der Waals surface area contributed by atoms with Gasteiger partial charge in [-0.3, -0.25) is 4.79 Å². The van der Waals surface area contributed by atoms with Gasteiger partial charge in [0.05, 0.1) is 22.4 Å². The predicted octanol–water partition coefficient (Wildman–Crippen LogP) is 4.26. The van der Waals surface area contributed by atoms with E-state index in [2.05, 4.69) is 36.5 Å². The summed E-state index contributed by atoms with van der Waals surface area (Å²) in [5, 5.41) is 7.88. The number of aryl methyl sites for hydroxylation is 2. The topological polar surface area (TPSA) is 46.9 Å². The highest BCUT2D eigenvalue weighted by Crippen LogP contribution is 2.43. The summed E-state index contributed by atoms with van der Waals surface area (Å²) in [6.07, 6.45) is 0. The van der Waals surface area contributed by atoms with Crippen molar-refractivity contribution >= 4 is 23.5 Å². The SMILES string of the molecule is Cc1cccc([C@H]2SCC(=O)Nc3c2c(C)nn3-c2ccccc2)c1. The molecule has 1 amide bonds. The van der Waals surface area contributed by atoms with Gasteiger partial charge in [0.1, 0.15) is 5.82 Å². The van der Waals surface area contributed by atoms with Crippen LogP contribution in [0.2, 0.25) is 0 Å². The van der Waals surface area contributed by atoms with Crippen molar-refractivity contribution < 1.29 is 4.79 Å². The van der Waals surface area contributed by atoms with Crippen LogP contribution in [0.15, 0.2) is 54.6 Å². The van der Waals surface area contributed by atoms with E-state index in [0.717, 1.165) is 22.8 Å². The maximum absolute atomic E-state index is 12.3. The third kappa shape index (κ3) is 2.96. The molecule has 4 rings (SSSR count). The molecule has 3 aromatic rings. The van der Waals surface area contributed by atoms with Gasteiger partial charge in [-0.05, 0) is 31.5 Å². The third-order valence-electron chi connectivity index (χ3n) is 4.35. The van der Waals surface area contributed by atoms with Crippen molar-refractivity contribution in [2.24, 2.45) is 0 Å². The minimum atomic E-state index is 0.0125. The molecular formula is C20H19N3OS. The average Bonchev–Trinajstić information content (AvgIpc) is 2.82. The van der Waals surface area contributed by atoms with Crippen LogP contribution in [0.5, 0.6) is 0 Å². The molecule has 2 heterocycles. The van der Waals surface area contributed by atoms with Gasteiger partial charge < -0.3 is 5.32 Å². The number of para-hydroxylation sites is 1. The normalized spacial score (nSPS) is 16.9. The lowest BCUT2D eigenvalue weighted by Crippen LogP contribution is -2.15. The first-order valence-corrected chi connectivity index (χ1v) is 9.31. The Labute approximate surface area is 151 Å². The molecule has 0 saturated heterocycles. The zero-order valence-electron chi connectivity index (χ0n) is 14.2. The predicted molar refractivity (Wildman–Crippen MR) is 102 cm³/mol. The second-order valence-corrected chi connectivity index (χ2v) is 7.34. The van der Waals surface area contributed by atoms with E-state index in [1.165, 1.54) is 11.1 Å². The lowest BCUT2D eigenvalue weighted by molar-refractivity contribution is -0.113. The van der Waals surface area contributed by atoms with E-state index in [1.54, 1.807) is 11.8 Å². The van der Waals surface area contributed by atoms with Crippen LogP contribution in [0.3, 0.4) is 0 Å². The highest BCUT2D eigenvalue weighted by molar-refractivity contribution is 8.00. The zero-order valence-corrected chi connectivity index (χ0v) is 15.0. The molecule has 1 aliphatic heterocycles. The van der Waals surface area contributed by atoms with Gasteiger partial charge >= 0.3 is 0 Å². The molecule has 0 unspecified atom stereocenters. The fourth-order valence-corrected chi connectivity index (χ4v) is 4.41. The van der Waals surface area contributed by atoms with Gasteiger partial charge in [-0.25, -0.2) is 4.68 Å². The first kappa shape index (κ1) is 16.0. The standard InChI is InChI=1S/C20H19N3OS/c1-13-7-6-8-15(11-13)19-18-14(2)22-23(16-9-4-3-5-10-16)20(18)21-17(24)12-25-19/h3-11,19H,12H2,1-2H3,(H,21,24)/t19-/m1/s1.